The second kappa shape index (κ2) is 6.27. The normalized spacial score (nSPS) is 10.6. The fourth-order valence-electron chi connectivity index (χ4n) is 1.49. The number of rotatable bonds is 7. The number of carbonyl (C=O) groups is 1. The van der Waals surface area contributed by atoms with Crippen molar-refractivity contribution in [1.29, 1.82) is 0 Å². The quantitative estimate of drug-likeness (QED) is 0.678. The zero-order chi connectivity index (χ0) is 12.0. The third kappa shape index (κ3) is 4.02. The third-order valence-electron chi connectivity index (χ3n) is 2.44. The molecule has 90 valence electrons. The lowest BCUT2D eigenvalue weighted by atomic mass is 10.3. The summed E-state index contributed by atoms with van der Waals surface area (Å²) in [5.74, 6) is -0.740. The van der Waals surface area contributed by atoms with Crippen LogP contribution in [-0.4, -0.2) is 27.4 Å². The van der Waals surface area contributed by atoms with Gasteiger partial charge < -0.3 is 10.4 Å². The summed E-state index contributed by atoms with van der Waals surface area (Å²) in [4.78, 5) is 10.3. The molecule has 0 fully saturated rings. The Kier molecular flexibility index (Phi) is 4.98. The number of aliphatic carboxylic acids is 1. The summed E-state index contributed by atoms with van der Waals surface area (Å²) < 4.78 is 1.86. The van der Waals surface area contributed by atoms with E-state index in [0.29, 0.717) is 6.42 Å². The van der Waals surface area contributed by atoms with E-state index in [1.54, 1.807) is 0 Å². The van der Waals surface area contributed by atoms with E-state index < -0.39 is 5.97 Å². The van der Waals surface area contributed by atoms with Crippen LogP contribution < -0.4 is 5.32 Å². The Morgan fingerprint density at radius 2 is 2.38 bits per heavy atom. The Labute approximate surface area is 95.5 Å². The Balaban J connectivity index is 2.26. The highest BCUT2D eigenvalue weighted by Gasteiger charge is 2.03. The van der Waals surface area contributed by atoms with Gasteiger partial charge in [-0.1, -0.05) is 6.92 Å². The summed E-state index contributed by atoms with van der Waals surface area (Å²) in [6, 6.07) is 2.07. The highest BCUT2D eigenvalue weighted by molar-refractivity contribution is 5.66. The fraction of sp³-hybridized carbons (Fsp3) is 0.636. The maximum Gasteiger partial charge on any atom is 0.303 e. The van der Waals surface area contributed by atoms with Gasteiger partial charge in [0.1, 0.15) is 0 Å². The number of carboxylic acids is 1. The van der Waals surface area contributed by atoms with Gasteiger partial charge in [-0.2, -0.15) is 5.10 Å². The summed E-state index contributed by atoms with van der Waals surface area (Å²) in [5, 5.41) is 16.0. The third-order valence-corrected chi connectivity index (χ3v) is 2.44. The van der Waals surface area contributed by atoms with Crippen molar-refractivity contribution in [2.45, 2.75) is 32.7 Å². The molecule has 0 aliphatic rings. The lowest BCUT2D eigenvalue weighted by Gasteiger charge is -2.03. The van der Waals surface area contributed by atoms with Gasteiger partial charge in [0.05, 0.1) is 11.4 Å². The first-order valence-corrected chi connectivity index (χ1v) is 5.57. The summed E-state index contributed by atoms with van der Waals surface area (Å²) in [5.41, 5.74) is 2.22. The van der Waals surface area contributed by atoms with Crippen LogP contribution in [0.25, 0.3) is 0 Å². The first kappa shape index (κ1) is 12.7. The van der Waals surface area contributed by atoms with E-state index in [1.165, 1.54) is 0 Å². The number of aromatic nitrogens is 2. The molecule has 2 N–H and O–H groups in total. The minimum absolute atomic E-state index is 0.221. The van der Waals surface area contributed by atoms with E-state index in [9.17, 15) is 4.79 Å². The number of nitrogens with one attached hydrogen (secondary N) is 1. The van der Waals surface area contributed by atoms with E-state index >= 15 is 0 Å². The smallest absolute Gasteiger partial charge is 0.303 e. The van der Waals surface area contributed by atoms with Gasteiger partial charge in [-0.15, -0.1) is 0 Å². The van der Waals surface area contributed by atoms with Crippen LogP contribution in [-0.2, 0) is 24.8 Å². The van der Waals surface area contributed by atoms with Crippen molar-refractivity contribution in [2.24, 2.45) is 7.05 Å². The molecule has 0 unspecified atom stereocenters. The molecule has 1 heterocycles. The van der Waals surface area contributed by atoms with Gasteiger partial charge in [-0.25, -0.2) is 0 Å². The molecule has 0 aromatic carbocycles. The molecule has 0 aliphatic carbocycles. The first-order valence-electron chi connectivity index (χ1n) is 5.57. The number of hydrogen-bond acceptors (Lipinski definition) is 3. The largest absolute Gasteiger partial charge is 0.481 e. The molecule has 1 aromatic heterocycles. The van der Waals surface area contributed by atoms with E-state index in [-0.39, 0.29) is 6.42 Å². The molecule has 0 atom stereocenters. The van der Waals surface area contributed by atoms with E-state index in [4.69, 9.17) is 5.11 Å². The van der Waals surface area contributed by atoms with E-state index in [2.05, 4.69) is 23.4 Å². The highest BCUT2D eigenvalue weighted by Crippen LogP contribution is 2.03. The highest BCUT2D eigenvalue weighted by atomic mass is 16.4. The lowest BCUT2D eigenvalue weighted by molar-refractivity contribution is -0.137. The van der Waals surface area contributed by atoms with Gasteiger partial charge in [0.25, 0.3) is 0 Å². The number of hydrogen-bond donors (Lipinski definition) is 2. The second-order valence-corrected chi connectivity index (χ2v) is 3.78. The molecular formula is C11H19N3O2. The summed E-state index contributed by atoms with van der Waals surface area (Å²) in [7, 11) is 1.92. The molecule has 0 radical (unpaired) electrons. The van der Waals surface area contributed by atoms with Crippen molar-refractivity contribution in [3.8, 4) is 0 Å². The fourth-order valence-corrected chi connectivity index (χ4v) is 1.49. The van der Waals surface area contributed by atoms with Crippen molar-refractivity contribution in [2.75, 3.05) is 6.54 Å². The zero-order valence-corrected chi connectivity index (χ0v) is 9.86. The van der Waals surface area contributed by atoms with Crippen LogP contribution in [0.3, 0.4) is 0 Å². The molecule has 0 spiro atoms. The van der Waals surface area contributed by atoms with Crippen molar-refractivity contribution in [3.05, 3.63) is 17.5 Å². The SMILES string of the molecule is CCc1cc(CNCCCC(=O)O)n(C)n1. The molecular weight excluding hydrogens is 206 g/mol. The molecule has 0 saturated carbocycles. The number of nitrogens with zero attached hydrogens (tertiary/aromatic N) is 2. The van der Waals surface area contributed by atoms with Crippen molar-refractivity contribution < 1.29 is 9.90 Å². The topological polar surface area (TPSA) is 67.2 Å². The van der Waals surface area contributed by atoms with Crippen molar-refractivity contribution >= 4 is 5.97 Å². The maximum absolute atomic E-state index is 10.3. The standard InChI is InChI=1S/C11H19N3O2/c1-3-9-7-10(14(2)13-9)8-12-6-4-5-11(15)16/h7,12H,3-6,8H2,1-2H3,(H,15,16). The van der Waals surface area contributed by atoms with E-state index in [0.717, 1.165) is 30.9 Å². The van der Waals surface area contributed by atoms with Gasteiger partial charge in [-0.3, -0.25) is 9.48 Å². The minimum Gasteiger partial charge on any atom is -0.481 e. The number of carboxylic acid groups (broad SMARTS) is 1. The van der Waals surface area contributed by atoms with Crippen LogP contribution in [0.2, 0.25) is 0 Å². The molecule has 0 aliphatic heterocycles. The molecule has 0 bridgehead atoms. The summed E-state index contributed by atoms with van der Waals surface area (Å²) in [6.07, 6.45) is 1.82. The van der Waals surface area contributed by atoms with Crippen molar-refractivity contribution in [1.82, 2.24) is 15.1 Å². The van der Waals surface area contributed by atoms with Crippen LogP contribution in [0.15, 0.2) is 6.07 Å². The van der Waals surface area contributed by atoms with Gasteiger partial charge in [0.15, 0.2) is 0 Å². The molecule has 1 aromatic rings. The zero-order valence-electron chi connectivity index (χ0n) is 9.86. The Bertz CT molecular complexity index is 347. The summed E-state index contributed by atoms with van der Waals surface area (Å²) in [6.45, 7) is 3.54. The number of aryl methyl sites for hydroxylation is 2. The molecule has 0 saturated heterocycles. The average Bonchev–Trinajstić information content (AvgIpc) is 2.59. The monoisotopic (exact) mass is 225 g/mol. The Morgan fingerprint density at radius 3 is 2.94 bits per heavy atom. The molecule has 16 heavy (non-hydrogen) atoms. The van der Waals surface area contributed by atoms with Crippen LogP contribution in [0.1, 0.15) is 31.2 Å². The molecule has 5 heteroatoms. The Morgan fingerprint density at radius 1 is 1.62 bits per heavy atom. The van der Waals surface area contributed by atoms with Crippen LogP contribution in [0.5, 0.6) is 0 Å². The predicted molar refractivity (Wildman–Crippen MR) is 61.2 cm³/mol. The van der Waals surface area contributed by atoms with Crippen LogP contribution >= 0.6 is 0 Å². The van der Waals surface area contributed by atoms with Crippen LogP contribution in [0.4, 0.5) is 0 Å². The molecule has 0 amide bonds. The van der Waals surface area contributed by atoms with Gasteiger partial charge >= 0.3 is 5.97 Å². The van der Waals surface area contributed by atoms with Crippen LogP contribution in [0, 0.1) is 0 Å². The predicted octanol–water partition coefficient (Wildman–Crippen LogP) is 0.937. The lowest BCUT2D eigenvalue weighted by Crippen LogP contribution is -2.17. The average molecular weight is 225 g/mol. The minimum atomic E-state index is -0.740. The summed E-state index contributed by atoms with van der Waals surface area (Å²) >= 11 is 0. The van der Waals surface area contributed by atoms with Crippen molar-refractivity contribution in [3.63, 3.8) is 0 Å². The first-order chi connectivity index (χ1) is 7.63. The molecule has 1 rings (SSSR count). The Hall–Kier alpha value is -1.36. The second-order valence-electron chi connectivity index (χ2n) is 3.78. The maximum atomic E-state index is 10.3. The van der Waals surface area contributed by atoms with E-state index in [1.807, 2.05) is 11.7 Å². The van der Waals surface area contributed by atoms with Gasteiger partial charge in [0.2, 0.25) is 0 Å². The molecule has 5 nitrogen and oxygen atoms in total. The van der Waals surface area contributed by atoms with Gasteiger partial charge in [-0.05, 0) is 25.5 Å². The van der Waals surface area contributed by atoms with Gasteiger partial charge in [0, 0.05) is 20.0 Å².